The second-order valence-electron chi connectivity index (χ2n) is 10.4. The Hall–Kier alpha value is -4.83. The molecule has 0 saturated carbocycles. The molecule has 8 bridgehead atoms. The van der Waals surface area contributed by atoms with Crippen molar-refractivity contribution in [3.63, 3.8) is 0 Å². The molecule has 0 radical (unpaired) electrons. The molecule has 4 aromatic rings. The normalized spacial score (nSPS) is 16.3. The van der Waals surface area contributed by atoms with Crippen LogP contribution in [0.3, 0.4) is 0 Å². The van der Waals surface area contributed by atoms with Gasteiger partial charge in [-0.2, -0.15) is 0 Å². The minimum atomic E-state index is -0.455. The molecule has 3 aliphatic heterocycles. The third-order valence-corrected chi connectivity index (χ3v) is 8.74. The number of fused-ring (bicyclic) bond motifs is 6. The van der Waals surface area contributed by atoms with Crippen LogP contribution in [-0.2, 0) is 6.42 Å². The molecule has 4 heterocycles. The van der Waals surface area contributed by atoms with Crippen molar-refractivity contribution in [3.8, 4) is 28.7 Å². The summed E-state index contributed by atoms with van der Waals surface area (Å²) in [5, 5.41) is 13.2. The number of carbonyl (C=O) groups is 3. The van der Waals surface area contributed by atoms with Crippen LogP contribution in [-0.4, -0.2) is 54.4 Å². The van der Waals surface area contributed by atoms with Gasteiger partial charge in [0.1, 0.15) is 17.2 Å². The molecule has 10 heteroatoms. The fourth-order valence-corrected chi connectivity index (χ4v) is 6.31. The van der Waals surface area contributed by atoms with E-state index in [2.05, 4.69) is 5.32 Å². The molecule has 3 aliphatic rings. The highest BCUT2D eigenvalue weighted by molar-refractivity contribution is 7.15. The van der Waals surface area contributed by atoms with Gasteiger partial charge in [-0.15, -0.1) is 11.3 Å². The summed E-state index contributed by atoms with van der Waals surface area (Å²) >= 11 is 1.20. The van der Waals surface area contributed by atoms with Crippen molar-refractivity contribution in [2.24, 2.45) is 0 Å². The third kappa shape index (κ3) is 5.65. The summed E-state index contributed by atoms with van der Waals surface area (Å²) in [7, 11) is 1.54. The van der Waals surface area contributed by atoms with E-state index in [9.17, 15) is 19.5 Å². The number of rotatable bonds is 3. The lowest BCUT2D eigenvalue weighted by Gasteiger charge is -2.38. The van der Waals surface area contributed by atoms with Crippen molar-refractivity contribution >= 4 is 28.9 Å². The van der Waals surface area contributed by atoms with E-state index >= 15 is 0 Å². The molecule has 0 spiro atoms. The predicted octanol–water partition coefficient (Wildman–Crippen LogP) is 5.76. The molecule has 1 unspecified atom stereocenters. The van der Waals surface area contributed by atoms with Gasteiger partial charge < -0.3 is 29.5 Å². The van der Waals surface area contributed by atoms with Crippen LogP contribution in [0.4, 0.5) is 0 Å². The minimum Gasteiger partial charge on any atom is -0.507 e. The number of nitrogens with one attached hydrogen (secondary N) is 1. The number of methoxy groups -OCH3 is 1. The number of aromatic hydroxyl groups is 1. The highest BCUT2D eigenvalue weighted by Gasteiger charge is 2.35. The Kier molecular flexibility index (Phi) is 7.77. The van der Waals surface area contributed by atoms with Gasteiger partial charge in [0.15, 0.2) is 17.3 Å². The zero-order chi connectivity index (χ0) is 30.1. The molecule has 1 atom stereocenters. The maximum absolute atomic E-state index is 14.0. The number of benzene rings is 3. The van der Waals surface area contributed by atoms with E-state index in [4.69, 9.17) is 14.2 Å². The van der Waals surface area contributed by atoms with Gasteiger partial charge in [0.05, 0.1) is 35.1 Å². The molecule has 9 nitrogen and oxygen atoms in total. The van der Waals surface area contributed by atoms with Crippen LogP contribution in [0.1, 0.15) is 65.8 Å². The molecule has 43 heavy (non-hydrogen) atoms. The Morgan fingerprint density at radius 1 is 1.05 bits per heavy atom. The number of hydrogen-bond donors (Lipinski definition) is 2. The van der Waals surface area contributed by atoms with Gasteiger partial charge in [-0.3, -0.25) is 14.4 Å². The lowest BCUT2D eigenvalue weighted by molar-refractivity contribution is 0.0698. The van der Waals surface area contributed by atoms with Crippen molar-refractivity contribution < 1.29 is 33.7 Å². The second-order valence-corrected chi connectivity index (χ2v) is 11.5. The van der Waals surface area contributed by atoms with Gasteiger partial charge in [0, 0.05) is 13.1 Å². The number of ether oxygens (including phenoxy) is 3. The lowest BCUT2D eigenvalue weighted by atomic mass is 9.87. The van der Waals surface area contributed by atoms with Crippen LogP contribution < -0.4 is 19.5 Å². The summed E-state index contributed by atoms with van der Waals surface area (Å²) in [5.41, 5.74) is 2.82. The van der Waals surface area contributed by atoms with Crippen molar-refractivity contribution in [1.29, 1.82) is 0 Å². The molecule has 0 saturated heterocycles. The van der Waals surface area contributed by atoms with Crippen LogP contribution in [0.2, 0.25) is 0 Å². The topological polar surface area (TPSA) is 114 Å². The first-order chi connectivity index (χ1) is 20.8. The lowest BCUT2D eigenvalue weighted by Crippen LogP contribution is -2.40. The van der Waals surface area contributed by atoms with E-state index in [-0.39, 0.29) is 23.0 Å². The molecule has 1 aromatic heterocycles. The summed E-state index contributed by atoms with van der Waals surface area (Å²) in [6, 6.07) is 18.9. The number of phenolic OH excluding ortho intramolecular Hbond substituents is 1. The van der Waals surface area contributed by atoms with Gasteiger partial charge in [-0.25, -0.2) is 0 Å². The number of nitrogens with zero attached hydrogens (tertiary/aromatic N) is 1. The first kappa shape index (κ1) is 28.3. The number of phenols is 1. The Labute approximate surface area is 252 Å². The Bertz CT molecular complexity index is 1730. The maximum atomic E-state index is 14.0. The SMILES string of the molecule is COc1cc2c3cc1Oc1ccc(O)c(c1)C(=O)NCCCOc1cccc(c1)C2N(C(=O)c1ccc(C(C)=O)s1)CC3. The van der Waals surface area contributed by atoms with Crippen LogP contribution in [0.15, 0.2) is 66.7 Å². The zero-order valence-electron chi connectivity index (χ0n) is 23.7. The van der Waals surface area contributed by atoms with Gasteiger partial charge in [0.2, 0.25) is 0 Å². The number of Topliss-reactive ketones (excluding diaryl/α,β-unsaturated/α-hetero) is 1. The van der Waals surface area contributed by atoms with Crippen molar-refractivity contribution in [3.05, 3.63) is 98.7 Å². The number of ketones is 1. The van der Waals surface area contributed by atoms with Crippen molar-refractivity contribution in [2.45, 2.75) is 25.8 Å². The predicted molar refractivity (Wildman–Crippen MR) is 161 cm³/mol. The Morgan fingerprint density at radius 2 is 1.88 bits per heavy atom. The van der Waals surface area contributed by atoms with E-state index in [0.29, 0.717) is 65.3 Å². The zero-order valence-corrected chi connectivity index (χ0v) is 24.5. The molecule has 0 fully saturated rings. The van der Waals surface area contributed by atoms with Crippen molar-refractivity contribution in [2.75, 3.05) is 26.8 Å². The average Bonchev–Trinajstić information content (AvgIpc) is 3.51. The Morgan fingerprint density at radius 3 is 2.67 bits per heavy atom. The minimum absolute atomic E-state index is 0.0771. The number of amides is 2. The molecule has 0 aliphatic carbocycles. The molecule has 2 N–H and O–H groups in total. The molecule has 2 amide bonds. The monoisotopic (exact) mass is 598 g/mol. The van der Waals surface area contributed by atoms with Gasteiger partial charge >= 0.3 is 0 Å². The van der Waals surface area contributed by atoms with E-state index < -0.39 is 11.9 Å². The fourth-order valence-electron chi connectivity index (χ4n) is 5.45. The highest BCUT2D eigenvalue weighted by atomic mass is 32.1. The summed E-state index contributed by atoms with van der Waals surface area (Å²) < 4.78 is 18.0. The largest absolute Gasteiger partial charge is 0.507 e. The van der Waals surface area contributed by atoms with Crippen LogP contribution in [0, 0.1) is 0 Å². The first-order valence-corrected chi connectivity index (χ1v) is 14.8. The summed E-state index contributed by atoms with van der Waals surface area (Å²) in [6.45, 7) is 2.62. The smallest absolute Gasteiger partial charge is 0.264 e. The summed E-state index contributed by atoms with van der Waals surface area (Å²) in [6.07, 6.45) is 1.10. The Balaban J connectivity index is 1.47. The third-order valence-electron chi connectivity index (χ3n) is 7.57. The fraction of sp³-hybridized carbons (Fsp3) is 0.242. The second kappa shape index (κ2) is 11.8. The number of thiophene rings is 1. The van der Waals surface area contributed by atoms with Crippen LogP contribution in [0.5, 0.6) is 28.7 Å². The van der Waals surface area contributed by atoms with Gasteiger partial charge in [-0.1, -0.05) is 12.1 Å². The molecule has 7 rings (SSSR count). The number of hydrogen-bond acceptors (Lipinski definition) is 8. The number of carbonyl (C=O) groups excluding carboxylic acids is 3. The molecular formula is C33H30N2O7S. The van der Waals surface area contributed by atoms with Gasteiger partial charge in [-0.05, 0) is 91.1 Å². The maximum Gasteiger partial charge on any atom is 0.264 e. The first-order valence-electron chi connectivity index (χ1n) is 14.0. The average molecular weight is 599 g/mol. The van der Waals surface area contributed by atoms with E-state index in [1.54, 1.807) is 25.3 Å². The van der Waals surface area contributed by atoms with Crippen LogP contribution >= 0.6 is 11.3 Å². The van der Waals surface area contributed by atoms with E-state index in [0.717, 1.165) is 16.7 Å². The standard InChI is InChI=1S/C33H30N2O7S/c1-19(36)29-9-10-30(43-29)33(39)35-13-11-20-16-28-27(40-2)18-24(20)31(35)21-5-3-6-22(15-21)41-14-4-12-34-32(38)25-17-23(42-28)7-8-26(25)37/h3,5-10,15-18,31,37H,4,11-14H2,1-2H3,(H,34,38). The van der Waals surface area contributed by atoms with E-state index in [1.165, 1.54) is 30.4 Å². The molecular weight excluding hydrogens is 568 g/mol. The van der Waals surface area contributed by atoms with Crippen molar-refractivity contribution in [1.82, 2.24) is 10.2 Å². The molecule has 220 valence electrons. The highest BCUT2D eigenvalue weighted by Crippen LogP contribution is 2.44. The van der Waals surface area contributed by atoms with Crippen LogP contribution in [0.25, 0.3) is 0 Å². The molecule has 3 aromatic carbocycles. The van der Waals surface area contributed by atoms with Gasteiger partial charge in [0.25, 0.3) is 11.8 Å². The summed E-state index contributed by atoms with van der Waals surface area (Å²) in [5.74, 6) is 1.08. The van der Waals surface area contributed by atoms with E-state index in [1.807, 2.05) is 41.3 Å². The quantitative estimate of drug-likeness (QED) is 0.288. The summed E-state index contributed by atoms with van der Waals surface area (Å²) in [4.78, 5) is 41.6.